The summed E-state index contributed by atoms with van der Waals surface area (Å²) < 4.78 is 7.77. The van der Waals surface area contributed by atoms with Crippen molar-refractivity contribution in [1.29, 1.82) is 0 Å². The van der Waals surface area contributed by atoms with Gasteiger partial charge < -0.3 is 10.1 Å². The standard InChI is InChI=1S/C32H30ClN5O2/c33-26-11-13-27(14-12-26)34-32(39)25-6-3-5-24(22-25)29-7-4-8-31-35-30(36-38(29)31)21-23-9-15-28(16-10-23)40-20-19-37-17-1-2-18-37/h3-16,22H,1-2,17-21H2,(H,34,39). The lowest BCUT2D eigenvalue weighted by atomic mass is 10.1. The van der Waals surface area contributed by atoms with Gasteiger partial charge in [0.05, 0.1) is 5.69 Å². The number of ether oxygens (including phenoxy) is 1. The molecule has 1 aliphatic rings. The second-order valence-electron chi connectivity index (χ2n) is 9.97. The minimum absolute atomic E-state index is 0.195. The fourth-order valence-corrected chi connectivity index (χ4v) is 5.11. The summed E-state index contributed by atoms with van der Waals surface area (Å²) in [5.74, 6) is 1.42. The number of aromatic nitrogens is 3. The molecule has 0 spiro atoms. The van der Waals surface area contributed by atoms with Gasteiger partial charge in [-0.15, -0.1) is 0 Å². The lowest BCUT2D eigenvalue weighted by Gasteiger charge is -2.14. The molecule has 8 heteroatoms. The van der Waals surface area contributed by atoms with E-state index in [1.807, 2.05) is 53.0 Å². The van der Waals surface area contributed by atoms with Crippen LogP contribution in [0.2, 0.25) is 5.02 Å². The number of fused-ring (bicyclic) bond motifs is 1. The van der Waals surface area contributed by atoms with E-state index in [4.69, 9.17) is 26.4 Å². The van der Waals surface area contributed by atoms with Gasteiger partial charge in [-0.3, -0.25) is 9.69 Å². The van der Waals surface area contributed by atoms with Crippen LogP contribution in [-0.4, -0.2) is 51.6 Å². The average molecular weight is 552 g/mol. The molecular formula is C32H30ClN5O2. The Balaban J connectivity index is 1.15. The molecule has 3 heterocycles. The molecule has 0 atom stereocenters. The van der Waals surface area contributed by atoms with Gasteiger partial charge in [0.25, 0.3) is 5.91 Å². The van der Waals surface area contributed by atoms with E-state index in [-0.39, 0.29) is 5.91 Å². The number of nitrogens with zero attached hydrogens (tertiary/aromatic N) is 4. The molecule has 0 unspecified atom stereocenters. The first kappa shape index (κ1) is 26.0. The summed E-state index contributed by atoms with van der Waals surface area (Å²) in [7, 11) is 0. The number of amides is 1. The SMILES string of the molecule is O=C(Nc1ccc(Cl)cc1)c1cccc(-c2cccc3nc(Cc4ccc(OCCN5CCCC5)cc4)nn23)c1. The van der Waals surface area contributed by atoms with E-state index < -0.39 is 0 Å². The highest BCUT2D eigenvalue weighted by atomic mass is 35.5. The molecule has 7 nitrogen and oxygen atoms in total. The number of carbonyl (C=O) groups is 1. The molecule has 0 saturated carbocycles. The lowest BCUT2D eigenvalue weighted by molar-refractivity contribution is 0.102. The molecule has 0 bridgehead atoms. The predicted octanol–water partition coefficient (Wildman–Crippen LogP) is 6.37. The third kappa shape index (κ3) is 6.17. The minimum atomic E-state index is -0.195. The highest BCUT2D eigenvalue weighted by molar-refractivity contribution is 6.30. The molecule has 202 valence electrons. The zero-order chi connectivity index (χ0) is 27.3. The van der Waals surface area contributed by atoms with Crippen molar-refractivity contribution in [2.45, 2.75) is 19.3 Å². The Morgan fingerprint density at radius 1 is 0.925 bits per heavy atom. The van der Waals surface area contributed by atoms with Crippen molar-refractivity contribution in [2.75, 3.05) is 31.6 Å². The molecule has 5 aromatic rings. The number of likely N-dealkylation sites (tertiary alicyclic amines) is 1. The summed E-state index contributed by atoms with van der Waals surface area (Å²) in [6.45, 7) is 4.05. The molecule has 1 aliphatic heterocycles. The second-order valence-corrected chi connectivity index (χ2v) is 10.4. The first-order valence-corrected chi connectivity index (χ1v) is 13.9. The fourth-order valence-electron chi connectivity index (χ4n) is 4.98. The molecule has 0 aliphatic carbocycles. The molecule has 1 saturated heterocycles. The zero-order valence-corrected chi connectivity index (χ0v) is 22.8. The Kier molecular flexibility index (Phi) is 7.75. The van der Waals surface area contributed by atoms with E-state index in [1.54, 1.807) is 30.3 Å². The van der Waals surface area contributed by atoms with Crippen LogP contribution < -0.4 is 10.1 Å². The molecule has 40 heavy (non-hydrogen) atoms. The van der Waals surface area contributed by atoms with Crippen LogP contribution in [0.4, 0.5) is 5.69 Å². The number of rotatable bonds is 9. The Hall–Kier alpha value is -4.20. The van der Waals surface area contributed by atoms with Crippen molar-refractivity contribution >= 4 is 28.8 Å². The van der Waals surface area contributed by atoms with Gasteiger partial charge in [-0.2, -0.15) is 5.10 Å². The number of nitrogens with one attached hydrogen (secondary N) is 1. The third-order valence-corrected chi connectivity index (χ3v) is 7.34. The number of hydrogen-bond acceptors (Lipinski definition) is 5. The van der Waals surface area contributed by atoms with Gasteiger partial charge in [-0.05, 0) is 92.2 Å². The molecule has 2 aromatic heterocycles. The van der Waals surface area contributed by atoms with E-state index in [0.717, 1.165) is 40.6 Å². The monoisotopic (exact) mass is 551 g/mol. The number of hydrogen-bond donors (Lipinski definition) is 1. The average Bonchev–Trinajstić information content (AvgIpc) is 3.65. The molecular weight excluding hydrogens is 522 g/mol. The number of anilines is 1. The second kappa shape index (κ2) is 11.9. The van der Waals surface area contributed by atoms with Gasteiger partial charge in [-0.1, -0.05) is 41.9 Å². The van der Waals surface area contributed by atoms with Crippen molar-refractivity contribution in [2.24, 2.45) is 0 Å². The Morgan fingerprint density at radius 2 is 1.70 bits per heavy atom. The maximum atomic E-state index is 12.9. The van der Waals surface area contributed by atoms with Gasteiger partial charge in [0.15, 0.2) is 11.5 Å². The summed E-state index contributed by atoms with van der Waals surface area (Å²) in [5.41, 5.74) is 4.84. The van der Waals surface area contributed by atoms with Crippen LogP contribution in [0.15, 0.2) is 91.0 Å². The van der Waals surface area contributed by atoms with Gasteiger partial charge in [0, 0.05) is 34.8 Å². The van der Waals surface area contributed by atoms with Gasteiger partial charge in [-0.25, -0.2) is 9.50 Å². The van der Waals surface area contributed by atoms with E-state index in [1.165, 1.54) is 25.9 Å². The topological polar surface area (TPSA) is 71.8 Å². The molecule has 1 fully saturated rings. The summed E-state index contributed by atoms with van der Waals surface area (Å²) in [6.07, 6.45) is 3.20. The molecule has 0 radical (unpaired) electrons. The van der Waals surface area contributed by atoms with Crippen LogP contribution in [-0.2, 0) is 6.42 Å². The molecule has 1 amide bonds. The maximum absolute atomic E-state index is 12.9. The van der Waals surface area contributed by atoms with Crippen LogP contribution in [0, 0.1) is 0 Å². The highest BCUT2D eigenvalue weighted by Gasteiger charge is 2.13. The van der Waals surface area contributed by atoms with Crippen LogP contribution in [0.25, 0.3) is 16.9 Å². The number of pyridine rings is 1. The number of benzene rings is 3. The van der Waals surface area contributed by atoms with E-state index in [2.05, 4.69) is 22.3 Å². The Morgan fingerprint density at radius 3 is 2.50 bits per heavy atom. The largest absolute Gasteiger partial charge is 0.492 e. The van der Waals surface area contributed by atoms with Crippen molar-refractivity contribution in [3.05, 3.63) is 113 Å². The van der Waals surface area contributed by atoms with Gasteiger partial charge in [0.2, 0.25) is 0 Å². The lowest BCUT2D eigenvalue weighted by Crippen LogP contribution is -2.25. The van der Waals surface area contributed by atoms with Crippen molar-refractivity contribution in [1.82, 2.24) is 19.5 Å². The first-order valence-electron chi connectivity index (χ1n) is 13.6. The Labute approximate surface area is 238 Å². The minimum Gasteiger partial charge on any atom is -0.492 e. The predicted molar refractivity (Wildman–Crippen MR) is 158 cm³/mol. The summed E-state index contributed by atoms with van der Waals surface area (Å²) in [5, 5.41) is 8.34. The van der Waals surface area contributed by atoms with Crippen molar-refractivity contribution < 1.29 is 9.53 Å². The van der Waals surface area contributed by atoms with Crippen molar-refractivity contribution in [3.8, 4) is 17.0 Å². The summed E-state index contributed by atoms with van der Waals surface area (Å²) in [4.78, 5) is 20.1. The molecule has 1 N–H and O–H groups in total. The van der Waals surface area contributed by atoms with E-state index in [9.17, 15) is 4.79 Å². The summed E-state index contributed by atoms with van der Waals surface area (Å²) in [6, 6.07) is 28.6. The number of halogens is 1. The van der Waals surface area contributed by atoms with Crippen LogP contribution >= 0.6 is 11.6 Å². The number of carbonyl (C=O) groups excluding carboxylic acids is 1. The summed E-state index contributed by atoms with van der Waals surface area (Å²) >= 11 is 5.96. The normalized spacial score (nSPS) is 13.5. The van der Waals surface area contributed by atoms with Crippen LogP contribution in [0.1, 0.15) is 34.6 Å². The van der Waals surface area contributed by atoms with Crippen molar-refractivity contribution in [3.63, 3.8) is 0 Å². The smallest absolute Gasteiger partial charge is 0.255 e. The first-order chi connectivity index (χ1) is 19.6. The van der Waals surface area contributed by atoms with E-state index >= 15 is 0 Å². The third-order valence-electron chi connectivity index (χ3n) is 7.09. The maximum Gasteiger partial charge on any atom is 0.255 e. The Bertz CT molecular complexity index is 1610. The fraction of sp³-hybridized carbons (Fsp3) is 0.219. The zero-order valence-electron chi connectivity index (χ0n) is 22.1. The van der Waals surface area contributed by atoms with Crippen LogP contribution in [0.5, 0.6) is 5.75 Å². The van der Waals surface area contributed by atoms with Gasteiger partial charge in [0.1, 0.15) is 12.4 Å². The highest BCUT2D eigenvalue weighted by Crippen LogP contribution is 2.23. The van der Waals surface area contributed by atoms with Gasteiger partial charge >= 0.3 is 0 Å². The van der Waals surface area contributed by atoms with Crippen LogP contribution in [0.3, 0.4) is 0 Å². The molecule has 3 aromatic carbocycles. The molecule has 6 rings (SSSR count). The van der Waals surface area contributed by atoms with E-state index in [0.29, 0.717) is 29.3 Å². The quantitative estimate of drug-likeness (QED) is 0.230.